The monoisotopic (exact) mass is 390 g/mol. The first kappa shape index (κ1) is 19.9. The van der Waals surface area contributed by atoms with E-state index < -0.39 is 35.4 Å². The summed E-state index contributed by atoms with van der Waals surface area (Å²) >= 11 is 0. The first-order valence-corrected chi connectivity index (χ1v) is 10.5. The molecule has 28 heavy (non-hydrogen) atoms. The van der Waals surface area contributed by atoms with Crippen molar-refractivity contribution in [1.82, 2.24) is 0 Å². The van der Waals surface area contributed by atoms with Crippen molar-refractivity contribution in [3.63, 3.8) is 0 Å². The Hall–Kier alpha value is -1.38. The number of hydrogen-bond donors (Lipinski definition) is 2. The predicted octanol–water partition coefficient (Wildman–Crippen LogP) is 3.16. The summed E-state index contributed by atoms with van der Waals surface area (Å²) in [6, 6.07) is 0. The smallest absolute Gasteiger partial charge is 0.303 e. The van der Waals surface area contributed by atoms with Gasteiger partial charge in [-0.2, -0.15) is 0 Å². The van der Waals surface area contributed by atoms with Crippen LogP contribution < -0.4 is 0 Å². The molecular weight excluding hydrogens is 359 g/mol. The van der Waals surface area contributed by atoms with Crippen molar-refractivity contribution in [2.45, 2.75) is 83.3 Å². The summed E-state index contributed by atoms with van der Waals surface area (Å²) in [6.45, 7) is 5.46. The van der Waals surface area contributed by atoms with Crippen molar-refractivity contribution in [2.75, 3.05) is 0 Å². The van der Waals surface area contributed by atoms with Crippen LogP contribution in [0.1, 0.15) is 59.3 Å². The summed E-state index contributed by atoms with van der Waals surface area (Å²) in [4.78, 5) is 11.3. The zero-order valence-electron chi connectivity index (χ0n) is 17.0. The Kier molecular flexibility index (Phi) is 4.49. The molecule has 4 nitrogen and oxygen atoms in total. The number of halogens is 1. The molecule has 4 rings (SSSR count). The average Bonchev–Trinajstić information content (AvgIpc) is 2.91. The molecular formula is C23H31FO4. The molecule has 0 aromatic carbocycles. The number of hydrogen-bond acceptors (Lipinski definition) is 4. The molecule has 3 saturated carbocycles. The van der Waals surface area contributed by atoms with E-state index in [1.54, 1.807) is 6.08 Å². The number of fused-ring (bicyclic) bond motifs is 5. The highest BCUT2D eigenvalue weighted by Crippen LogP contribution is 2.67. The summed E-state index contributed by atoms with van der Waals surface area (Å²) in [7, 11) is 0. The number of alkyl halides is 1. The minimum absolute atomic E-state index is 0.0349. The van der Waals surface area contributed by atoms with Crippen molar-refractivity contribution in [2.24, 2.45) is 28.6 Å². The van der Waals surface area contributed by atoms with Gasteiger partial charge < -0.3 is 14.9 Å². The number of terminal acetylenes is 1. The van der Waals surface area contributed by atoms with Crippen LogP contribution in [0.3, 0.4) is 0 Å². The van der Waals surface area contributed by atoms with Crippen molar-refractivity contribution < 1.29 is 24.1 Å². The van der Waals surface area contributed by atoms with Gasteiger partial charge in [-0.25, -0.2) is 4.39 Å². The third-order valence-corrected chi connectivity index (χ3v) is 8.83. The SMILES string of the molecule is C#C[C@]1(O)CC[C@H]2[C@@H]3[C@@H](O)C=C4[C@@H](F)[C@@H](OC(C)=O)CC[C@]4(C)[C@H]3CC[C@@]21C. The summed E-state index contributed by atoms with van der Waals surface area (Å²) in [6.07, 6.45) is 8.60. The highest BCUT2D eigenvalue weighted by Gasteiger charge is 2.65. The molecule has 9 atom stereocenters. The van der Waals surface area contributed by atoms with Crippen LogP contribution in [0.5, 0.6) is 0 Å². The molecule has 0 amide bonds. The number of aliphatic hydroxyl groups is 2. The standard InChI is InChI=1S/C23H31FO4/c1-5-23(27)11-7-15-19-14(6-10-22(15,23)4)21(3)9-8-18(28-13(2)25)20(24)16(21)12-17(19)26/h1,12,14-15,17-20,26-27H,6-11H2,2-4H3/t14-,15-,17-,18-,19+,20+,21+,22-,23-/m0/s1. The molecule has 0 aromatic heterocycles. The van der Waals surface area contributed by atoms with Gasteiger partial charge in [0.1, 0.15) is 11.7 Å². The minimum atomic E-state index is -1.38. The maximum Gasteiger partial charge on any atom is 0.303 e. The lowest BCUT2D eigenvalue weighted by atomic mass is 9.46. The van der Waals surface area contributed by atoms with Crippen LogP contribution in [-0.4, -0.2) is 40.2 Å². The Morgan fingerprint density at radius 1 is 1.25 bits per heavy atom. The Bertz CT molecular complexity index is 756. The first-order valence-electron chi connectivity index (χ1n) is 10.5. The van der Waals surface area contributed by atoms with E-state index in [4.69, 9.17) is 11.2 Å². The number of carbonyl (C=O) groups is 1. The predicted molar refractivity (Wildman–Crippen MR) is 103 cm³/mol. The average molecular weight is 390 g/mol. The lowest BCUT2D eigenvalue weighted by Crippen LogP contribution is -2.59. The molecule has 0 aliphatic heterocycles. The summed E-state index contributed by atoms with van der Waals surface area (Å²) in [5.74, 6) is 2.38. The molecule has 4 aliphatic carbocycles. The maximum atomic E-state index is 15.3. The Labute approximate surface area is 166 Å². The highest BCUT2D eigenvalue weighted by atomic mass is 19.1. The third kappa shape index (κ3) is 2.47. The normalized spacial score (nSPS) is 52.5. The second kappa shape index (κ2) is 6.31. The van der Waals surface area contributed by atoms with Gasteiger partial charge in [-0.1, -0.05) is 25.8 Å². The number of aliphatic hydroxyl groups excluding tert-OH is 1. The van der Waals surface area contributed by atoms with Gasteiger partial charge in [0.2, 0.25) is 0 Å². The molecule has 3 fully saturated rings. The van der Waals surface area contributed by atoms with Crippen LogP contribution in [0, 0.1) is 40.9 Å². The Morgan fingerprint density at radius 3 is 2.57 bits per heavy atom. The van der Waals surface area contributed by atoms with Crippen molar-refractivity contribution in [3.05, 3.63) is 11.6 Å². The van der Waals surface area contributed by atoms with Crippen LogP contribution in [0.4, 0.5) is 4.39 Å². The van der Waals surface area contributed by atoms with Crippen molar-refractivity contribution in [3.8, 4) is 12.3 Å². The number of carbonyl (C=O) groups excluding carboxylic acids is 1. The minimum Gasteiger partial charge on any atom is -0.459 e. The van der Waals surface area contributed by atoms with Gasteiger partial charge >= 0.3 is 5.97 Å². The first-order chi connectivity index (χ1) is 13.1. The molecule has 0 bridgehead atoms. The maximum absolute atomic E-state index is 15.3. The molecule has 4 aliphatic rings. The Balaban J connectivity index is 1.70. The lowest BCUT2D eigenvalue weighted by Gasteiger charge is -2.59. The van der Waals surface area contributed by atoms with Gasteiger partial charge in [-0.05, 0) is 67.3 Å². The lowest BCUT2D eigenvalue weighted by molar-refractivity contribution is -0.155. The zero-order valence-corrected chi connectivity index (χ0v) is 17.0. The Morgan fingerprint density at radius 2 is 1.93 bits per heavy atom. The third-order valence-electron chi connectivity index (χ3n) is 8.83. The van der Waals surface area contributed by atoms with E-state index in [9.17, 15) is 15.0 Å². The van der Waals surface area contributed by atoms with Crippen LogP contribution in [0.2, 0.25) is 0 Å². The zero-order chi connectivity index (χ0) is 20.5. The molecule has 0 aromatic rings. The molecule has 2 N–H and O–H groups in total. The molecule has 0 radical (unpaired) electrons. The number of ether oxygens (including phenoxy) is 1. The van der Waals surface area contributed by atoms with E-state index in [0.717, 1.165) is 25.7 Å². The molecule has 5 heteroatoms. The fraction of sp³-hybridized carbons (Fsp3) is 0.783. The highest BCUT2D eigenvalue weighted by molar-refractivity contribution is 5.66. The quantitative estimate of drug-likeness (QED) is 0.410. The van der Waals surface area contributed by atoms with E-state index >= 15 is 4.39 Å². The fourth-order valence-corrected chi connectivity index (χ4v) is 7.23. The van der Waals surface area contributed by atoms with E-state index in [1.807, 2.05) is 0 Å². The number of rotatable bonds is 1. The summed E-state index contributed by atoms with van der Waals surface area (Å²) < 4.78 is 20.5. The van der Waals surface area contributed by atoms with Crippen LogP contribution >= 0.6 is 0 Å². The van der Waals surface area contributed by atoms with Gasteiger partial charge in [0.15, 0.2) is 6.17 Å². The van der Waals surface area contributed by atoms with E-state index in [1.165, 1.54) is 6.92 Å². The van der Waals surface area contributed by atoms with Crippen molar-refractivity contribution in [1.29, 1.82) is 0 Å². The second-order valence-electron chi connectivity index (χ2n) is 9.91. The largest absolute Gasteiger partial charge is 0.459 e. The van der Waals surface area contributed by atoms with Gasteiger partial charge in [0.25, 0.3) is 0 Å². The molecule has 0 heterocycles. The summed E-state index contributed by atoms with van der Waals surface area (Å²) in [5.41, 5.74) is -1.33. The molecule has 0 saturated heterocycles. The molecule has 0 unspecified atom stereocenters. The van der Waals surface area contributed by atoms with Gasteiger partial charge in [-0.3, -0.25) is 4.79 Å². The van der Waals surface area contributed by atoms with Gasteiger partial charge in [0.05, 0.1) is 6.10 Å². The topological polar surface area (TPSA) is 66.8 Å². The summed E-state index contributed by atoms with van der Waals surface area (Å²) in [5, 5.41) is 22.1. The van der Waals surface area contributed by atoms with Crippen LogP contribution in [-0.2, 0) is 9.53 Å². The van der Waals surface area contributed by atoms with E-state index in [2.05, 4.69) is 19.8 Å². The molecule has 154 valence electrons. The van der Waals surface area contributed by atoms with E-state index in [0.29, 0.717) is 18.4 Å². The second-order valence-corrected chi connectivity index (χ2v) is 9.91. The van der Waals surface area contributed by atoms with E-state index in [-0.39, 0.29) is 23.2 Å². The number of esters is 1. The molecule has 0 spiro atoms. The van der Waals surface area contributed by atoms with Crippen LogP contribution in [0.25, 0.3) is 0 Å². The van der Waals surface area contributed by atoms with Crippen molar-refractivity contribution >= 4 is 5.97 Å². The van der Waals surface area contributed by atoms with Crippen LogP contribution in [0.15, 0.2) is 11.6 Å². The van der Waals surface area contributed by atoms with Gasteiger partial charge in [-0.15, -0.1) is 6.42 Å². The fourth-order valence-electron chi connectivity index (χ4n) is 7.23. The van der Waals surface area contributed by atoms with Gasteiger partial charge in [0, 0.05) is 12.3 Å².